The number of carbonyl (C=O) groups is 5. The molecule has 0 radical (unpaired) electrons. The normalized spacial score (nSPS) is 16.1. The van der Waals surface area contributed by atoms with Crippen molar-refractivity contribution in [1.82, 2.24) is 35.2 Å². The van der Waals surface area contributed by atoms with E-state index in [1.54, 1.807) is 24.6 Å². The predicted molar refractivity (Wildman–Crippen MR) is 186 cm³/mol. The minimum Gasteiger partial charge on any atom is -0.480 e. The molecule has 2 aliphatic heterocycles. The van der Waals surface area contributed by atoms with Gasteiger partial charge in [0.05, 0.1) is 47.3 Å². The van der Waals surface area contributed by atoms with Gasteiger partial charge in [-0.15, -0.1) is 5.10 Å². The summed E-state index contributed by atoms with van der Waals surface area (Å²) in [4.78, 5) is 80.4. The molecule has 4 aromatic rings. The predicted octanol–water partition coefficient (Wildman–Crippen LogP) is 0.941. The zero-order valence-corrected chi connectivity index (χ0v) is 29.7. The van der Waals surface area contributed by atoms with E-state index in [1.807, 2.05) is 30.3 Å². The second-order valence-corrected chi connectivity index (χ2v) is 12.8. The fourth-order valence-corrected chi connectivity index (χ4v) is 6.51. The molecule has 5 heterocycles. The lowest BCUT2D eigenvalue weighted by Gasteiger charge is -2.35. The van der Waals surface area contributed by atoms with Gasteiger partial charge in [-0.05, 0) is 50.9 Å². The molecule has 3 aromatic heterocycles. The lowest BCUT2D eigenvalue weighted by Crippen LogP contribution is -2.48. The first-order chi connectivity index (χ1) is 26.0. The Balaban J connectivity index is 0.989. The molecule has 0 unspecified atom stereocenters. The number of benzene rings is 1. The number of carboxylic acid groups (broad SMARTS) is 1. The molecular formula is C36H39N7O11. The van der Waals surface area contributed by atoms with Crippen LogP contribution in [-0.4, -0.2) is 92.3 Å². The minimum atomic E-state index is -1.93. The Hall–Kier alpha value is -6.01. The van der Waals surface area contributed by atoms with E-state index in [2.05, 4.69) is 20.9 Å². The molecule has 0 bridgehead atoms. The van der Waals surface area contributed by atoms with Gasteiger partial charge >= 0.3 is 23.9 Å². The number of carbonyl (C=O) groups excluding carboxylic acids is 4. The van der Waals surface area contributed by atoms with Crippen LogP contribution in [0.3, 0.4) is 0 Å². The van der Waals surface area contributed by atoms with Gasteiger partial charge in [0, 0.05) is 23.1 Å². The van der Waals surface area contributed by atoms with E-state index in [-0.39, 0.29) is 48.8 Å². The van der Waals surface area contributed by atoms with Gasteiger partial charge in [-0.3, -0.25) is 14.4 Å². The maximum absolute atomic E-state index is 13.7. The van der Waals surface area contributed by atoms with E-state index < -0.39 is 48.7 Å². The molecule has 0 aliphatic carbocycles. The van der Waals surface area contributed by atoms with Crippen LogP contribution >= 0.6 is 0 Å². The van der Waals surface area contributed by atoms with Crippen molar-refractivity contribution in [2.75, 3.05) is 26.8 Å². The fraction of sp³-hybridized carbons (Fsp3) is 0.417. The number of rotatable bonds is 17. The average Bonchev–Trinajstić information content (AvgIpc) is 3.76. The number of esters is 3. The third-order valence-electron chi connectivity index (χ3n) is 9.29. The first-order valence-electron chi connectivity index (χ1n) is 17.4. The third kappa shape index (κ3) is 7.98. The van der Waals surface area contributed by atoms with Gasteiger partial charge in [0.25, 0.3) is 5.56 Å². The summed E-state index contributed by atoms with van der Waals surface area (Å²) in [6.07, 6.45) is 2.98. The molecule has 1 amide bonds. The molecule has 0 fully saturated rings. The van der Waals surface area contributed by atoms with Crippen molar-refractivity contribution in [2.45, 2.75) is 70.6 Å². The summed E-state index contributed by atoms with van der Waals surface area (Å²) in [6.45, 7) is 0.324. The van der Waals surface area contributed by atoms with E-state index in [4.69, 9.17) is 29.0 Å². The number of ether oxygens (including phenoxy) is 4. The van der Waals surface area contributed by atoms with Gasteiger partial charge in [0.15, 0.2) is 6.73 Å². The number of pyridine rings is 2. The molecule has 54 heavy (non-hydrogen) atoms. The second-order valence-electron chi connectivity index (χ2n) is 12.8. The van der Waals surface area contributed by atoms with Crippen LogP contribution in [0.4, 0.5) is 0 Å². The number of unbranched alkanes of at least 4 members (excludes halogenated alkanes) is 1. The Morgan fingerprint density at radius 1 is 1.09 bits per heavy atom. The number of para-hydroxylation sites is 1. The van der Waals surface area contributed by atoms with Crippen molar-refractivity contribution < 1.29 is 48.0 Å². The van der Waals surface area contributed by atoms with Crippen molar-refractivity contribution in [1.29, 1.82) is 0 Å². The van der Waals surface area contributed by atoms with Crippen LogP contribution in [0.1, 0.15) is 55.0 Å². The van der Waals surface area contributed by atoms with Gasteiger partial charge in [-0.2, -0.15) is 0 Å². The number of hydrogen-bond acceptors (Lipinski definition) is 14. The quantitative estimate of drug-likeness (QED) is 0.0683. The molecule has 18 heteroatoms. The summed E-state index contributed by atoms with van der Waals surface area (Å²) >= 11 is 0. The average molecular weight is 746 g/mol. The highest BCUT2D eigenvalue weighted by Gasteiger charge is 2.50. The van der Waals surface area contributed by atoms with Crippen LogP contribution in [0, 0.1) is 0 Å². The van der Waals surface area contributed by atoms with E-state index in [1.165, 1.54) is 10.9 Å². The molecule has 1 aromatic carbocycles. The zero-order chi connectivity index (χ0) is 38.4. The first-order valence-corrected chi connectivity index (χ1v) is 17.4. The number of likely N-dealkylation sites (N-methyl/N-ethyl adjacent to an activating group) is 1. The van der Waals surface area contributed by atoms with Crippen molar-refractivity contribution in [2.24, 2.45) is 0 Å². The van der Waals surface area contributed by atoms with Crippen molar-refractivity contribution in [3.05, 3.63) is 75.3 Å². The number of fused-ring (bicyclic) bond motifs is 5. The maximum Gasteiger partial charge on any atom is 0.355 e. The van der Waals surface area contributed by atoms with E-state index >= 15 is 0 Å². The number of nitrogens with zero attached hydrogens (tertiary/aromatic N) is 5. The van der Waals surface area contributed by atoms with Gasteiger partial charge in [-0.25, -0.2) is 24.0 Å². The van der Waals surface area contributed by atoms with Gasteiger partial charge < -0.3 is 39.3 Å². The number of aliphatic carboxylic acids is 1. The van der Waals surface area contributed by atoms with Crippen LogP contribution in [0.5, 0.6) is 0 Å². The topological polar surface area (TPSA) is 232 Å². The van der Waals surface area contributed by atoms with E-state index in [0.29, 0.717) is 49.4 Å². The van der Waals surface area contributed by atoms with E-state index in [0.717, 1.165) is 16.5 Å². The second kappa shape index (κ2) is 16.3. The first kappa shape index (κ1) is 37.7. The standard InChI is InChI=1S/C36H39N7O11/c1-3-36(25-14-28-32-22(12-21-8-4-5-9-26(21)39-32)15-43(28)33(47)24(25)17-52-35(36)50)54-31(46)19-51-18-30(45)53-20-42-16-23(40-41-42)13-29(44)38-11-7-6-10-27(37-2)34(48)49/h4-5,8-9,12,14,16,27,37H,3,6-7,10-11,13,15,17-20H2,1-2H3,(H,38,44)(H,48,49)/t27-,36+/m1/s1. The maximum atomic E-state index is 13.7. The van der Waals surface area contributed by atoms with Crippen LogP contribution in [-0.2, 0) is 74.8 Å². The Kier molecular flexibility index (Phi) is 11.4. The van der Waals surface area contributed by atoms with Crippen molar-refractivity contribution >= 4 is 40.7 Å². The summed E-state index contributed by atoms with van der Waals surface area (Å²) in [5.74, 6) is -3.87. The number of aromatic nitrogens is 5. The number of hydrogen-bond donors (Lipinski definition) is 3. The molecule has 284 valence electrons. The number of carboxylic acids is 1. The molecule has 3 N–H and O–H groups in total. The molecule has 0 spiro atoms. The smallest absolute Gasteiger partial charge is 0.355 e. The summed E-state index contributed by atoms with van der Waals surface area (Å²) < 4.78 is 24.2. The number of cyclic esters (lactones) is 1. The summed E-state index contributed by atoms with van der Waals surface area (Å²) in [5.41, 5.74) is 1.11. The zero-order valence-electron chi connectivity index (χ0n) is 29.7. The SMILES string of the molecule is CC[C@@]1(OC(=O)COCC(=O)OCn2cc(CC(=O)NCCCC[C@@H](NC)C(=O)O)nn2)C(=O)OCc2c1cc1n(c2=O)Cc2cc3ccccc3nc2-1. The lowest BCUT2D eigenvalue weighted by atomic mass is 9.85. The Morgan fingerprint density at radius 3 is 2.67 bits per heavy atom. The Bertz CT molecular complexity index is 2160. The molecular weight excluding hydrogens is 706 g/mol. The summed E-state index contributed by atoms with van der Waals surface area (Å²) in [6, 6.07) is 10.6. The minimum absolute atomic E-state index is 0.0407. The highest BCUT2D eigenvalue weighted by molar-refractivity contribution is 5.88. The monoisotopic (exact) mass is 745 g/mol. The molecule has 2 aliphatic rings. The van der Waals surface area contributed by atoms with Gasteiger partial charge in [-0.1, -0.05) is 30.3 Å². The van der Waals surface area contributed by atoms with Crippen molar-refractivity contribution in [3.63, 3.8) is 0 Å². The Morgan fingerprint density at radius 2 is 1.89 bits per heavy atom. The van der Waals surface area contributed by atoms with Crippen LogP contribution in [0.15, 0.2) is 47.4 Å². The largest absolute Gasteiger partial charge is 0.480 e. The van der Waals surface area contributed by atoms with Crippen molar-refractivity contribution in [3.8, 4) is 11.4 Å². The van der Waals surface area contributed by atoms with E-state index in [9.17, 15) is 28.8 Å². The summed E-state index contributed by atoms with van der Waals surface area (Å²) in [7, 11) is 1.58. The lowest BCUT2D eigenvalue weighted by molar-refractivity contribution is -0.192. The van der Waals surface area contributed by atoms with Crippen LogP contribution in [0.25, 0.3) is 22.3 Å². The molecule has 2 atom stereocenters. The van der Waals surface area contributed by atoms with Crippen LogP contribution in [0.2, 0.25) is 0 Å². The summed E-state index contributed by atoms with van der Waals surface area (Å²) in [5, 5.41) is 23.2. The van der Waals surface area contributed by atoms with Gasteiger partial charge in [0.1, 0.15) is 25.9 Å². The molecule has 0 saturated heterocycles. The highest BCUT2D eigenvalue weighted by atomic mass is 16.6. The number of nitrogens with one attached hydrogen (secondary N) is 2. The Labute approximate surface area is 307 Å². The number of amides is 1. The van der Waals surface area contributed by atoms with Gasteiger partial charge in [0.2, 0.25) is 11.5 Å². The molecule has 18 nitrogen and oxygen atoms in total. The fourth-order valence-electron chi connectivity index (χ4n) is 6.51. The molecule has 6 rings (SSSR count). The molecule has 0 saturated carbocycles. The highest BCUT2D eigenvalue weighted by Crippen LogP contribution is 2.41. The van der Waals surface area contributed by atoms with Crippen LogP contribution < -0.4 is 16.2 Å². The third-order valence-corrected chi connectivity index (χ3v) is 9.29.